The Morgan fingerprint density at radius 1 is 1.28 bits per heavy atom. The van der Waals surface area contributed by atoms with Crippen LogP contribution in [-0.2, 0) is 0 Å². The minimum Gasteiger partial charge on any atom is -0.358 e. The number of aromatic nitrogens is 2. The Labute approximate surface area is 111 Å². The molecule has 2 rings (SSSR count). The quantitative estimate of drug-likeness (QED) is 0.869. The molecule has 0 aliphatic rings. The normalized spacial score (nSPS) is 12.7. The summed E-state index contributed by atoms with van der Waals surface area (Å²) in [5.41, 5.74) is 7.23. The van der Waals surface area contributed by atoms with Crippen molar-refractivity contribution in [3.05, 3.63) is 41.7 Å². The first-order chi connectivity index (χ1) is 8.66. The van der Waals surface area contributed by atoms with E-state index in [-0.39, 0.29) is 6.04 Å². The van der Waals surface area contributed by atoms with Gasteiger partial charge in [-0.15, -0.1) is 0 Å². The summed E-state index contributed by atoms with van der Waals surface area (Å²) in [6, 6.07) is 10.0. The SMILES string of the molecule is CC(C)c1nsc(NCC(N)c2ccccc2)n1. The molecule has 0 radical (unpaired) electrons. The van der Waals surface area contributed by atoms with Gasteiger partial charge in [-0.1, -0.05) is 44.2 Å². The third-order valence-corrected chi connectivity index (χ3v) is 3.35. The van der Waals surface area contributed by atoms with Crippen LogP contribution in [0.4, 0.5) is 5.13 Å². The number of hydrogen-bond acceptors (Lipinski definition) is 5. The first kappa shape index (κ1) is 13.0. The highest BCUT2D eigenvalue weighted by Gasteiger charge is 2.09. The lowest BCUT2D eigenvalue weighted by molar-refractivity contribution is 0.760. The molecule has 0 aliphatic carbocycles. The van der Waals surface area contributed by atoms with Gasteiger partial charge >= 0.3 is 0 Å². The number of anilines is 1. The zero-order valence-electron chi connectivity index (χ0n) is 10.6. The van der Waals surface area contributed by atoms with E-state index in [0.29, 0.717) is 12.5 Å². The largest absolute Gasteiger partial charge is 0.358 e. The van der Waals surface area contributed by atoms with Gasteiger partial charge in [0.25, 0.3) is 0 Å². The predicted molar refractivity (Wildman–Crippen MR) is 75.9 cm³/mol. The summed E-state index contributed by atoms with van der Waals surface area (Å²) in [7, 11) is 0. The maximum atomic E-state index is 6.10. The molecule has 0 aliphatic heterocycles. The molecule has 1 heterocycles. The number of benzene rings is 1. The Morgan fingerprint density at radius 2 is 2.00 bits per heavy atom. The van der Waals surface area contributed by atoms with Gasteiger partial charge < -0.3 is 11.1 Å². The van der Waals surface area contributed by atoms with Crippen LogP contribution in [-0.4, -0.2) is 15.9 Å². The molecule has 5 heteroatoms. The van der Waals surface area contributed by atoms with Crippen molar-refractivity contribution in [3.8, 4) is 0 Å². The predicted octanol–water partition coefficient (Wildman–Crippen LogP) is 2.77. The van der Waals surface area contributed by atoms with E-state index in [1.165, 1.54) is 11.5 Å². The van der Waals surface area contributed by atoms with E-state index < -0.39 is 0 Å². The number of hydrogen-bond donors (Lipinski definition) is 2. The highest BCUT2D eigenvalue weighted by Crippen LogP contribution is 2.18. The lowest BCUT2D eigenvalue weighted by Crippen LogP contribution is -2.20. The second kappa shape index (κ2) is 5.93. The van der Waals surface area contributed by atoms with Crippen LogP contribution in [0.15, 0.2) is 30.3 Å². The molecule has 0 fully saturated rings. The molecular weight excluding hydrogens is 244 g/mol. The maximum Gasteiger partial charge on any atom is 0.202 e. The molecule has 1 aromatic carbocycles. The van der Waals surface area contributed by atoms with Crippen molar-refractivity contribution in [2.75, 3.05) is 11.9 Å². The second-order valence-corrected chi connectivity index (χ2v) is 5.26. The summed E-state index contributed by atoms with van der Waals surface area (Å²) in [5.74, 6) is 1.25. The molecule has 4 nitrogen and oxygen atoms in total. The van der Waals surface area contributed by atoms with E-state index in [9.17, 15) is 0 Å². The van der Waals surface area contributed by atoms with Crippen LogP contribution in [0.5, 0.6) is 0 Å². The van der Waals surface area contributed by atoms with Gasteiger partial charge in [0.15, 0.2) is 0 Å². The smallest absolute Gasteiger partial charge is 0.202 e. The Kier molecular flexibility index (Phi) is 4.28. The average Bonchev–Trinajstić information content (AvgIpc) is 2.86. The van der Waals surface area contributed by atoms with Crippen molar-refractivity contribution in [3.63, 3.8) is 0 Å². The summed E-state index contributed by atoms with van der Waals surface area (Å²) >= 11 is 1.39. The molecule has 0 amide bonds. The van der Waals surface area contributed by atoms with E-state index in [2.05, 4.69) is 28.5 Å². The van der Waals surface area contributed by atoms with Gasteiger partial charge in [-0.3, -0.25) is 0 Å². The zero-order valence-corrected chi connectivity index (χ0v) is 11.4. The van der Waals surface area contributed by atoms with Crippen molar-refractivity contribution in [1.29, 1.82) is 0 Å². The van der Waals surface area contributed by atoms with Crippen LogP contribution in [0.3, 0.4) is 0 Å². The van der Waals surface area contributed by atoms with Gasteiger partial charge in [-0.05, 0) is 5.56 Å². The molecule has 3 N–H and O–H groups in total. The summed E-state index contributed by atoms with van der Waals surface area (Å²) in [6.45, 7) is 4.83. The van der Waals surface area contributed by atoms with Gasteiger partial charge in [0.2, 0.25) is 5.13 Å². The Bertz CT molecular complexity index is 481. The Hall–Kier alpha value is -1.46. The molecule has 0 spiro atoms. The molecule has 1 unspecified atom stereocenters. The molecule has 0 saturated carbocycles. The highest BCUT2D eigenvalue weighted by molar-refractivity contribution is 7.09. The number of nitrogens with one attached hydrogen (secondary N) is 1. The van der Waals surface area contributed by atoms with Crippen LogP contribution in [0, 0.1) is 0 Å². The number of rotatable bonds is 5. The van der Waals surface area contributed by atoms with E-state index in [1.54, 1.807) is 0 Å². The van der Waals surface area contributed by atoms with Crippen molar-refractivity contribution in [1.82, 2.24) is 9.36 Å². The topological polar surface area (TPSA) is 63.8 Å². The van der Waals surface area contributed by atoms with E-state index in [4.69, 9.17) is 5.73 Å². The minimum atomic E-state index is -0.0300. The first-order valence-electron chi connectivity index (χ1n) is 6.05. The van der Waals surface area contributed by atoms with Crippen LogP contribution in [0.25, 0.3) is 0 Å². The monoisotopic (exact) mass is 262 g/mol. The van der Waals surface area contributed by atoms with Crippen LogP contribution >= 0.6 is 11.5 Å². The lowest BCUT2D eigenvalue weighted by Gasteiger charge is -2.11. The minimum absolute atomic E-state index is 0.0300. The maximum absolute atomic E-state index is 6.10. The highest BCUT2D eigenvalue weighted by atomic mass is 32.1. The molecule has 0 bridgehead atoms. The van der Waals surface area contributed by atoms with Crippen LogP contribution in [0.1, 0.15) is 37.2 Å². The van der Waals surface area contributed by atoms with E-state index in [0.717, 1.165) is 16.5 Å². The Balaban J connectivity index is 1.91. The summed E-state index contributed by atoms with van der Waals surface area (Å²) in [6.07, 6.45) is 0. The molecule has 96 valence electrons. The van der Waals surface area contributed by atoms with Gasteiger partial charge in [0, 0.05) is 30.0 Å². The molecule has 2 aromatic rings. The summed E-state index contributed by atoms with van der Waals surface area (Å²) in [5, 5.41) is 4.08. The van der Waals surface area contributed by atoms with Gasteiger partial charge in [0.05, 0.1) is 0 Å². The fourth-order valence-electron chi connectivity index (χ4n) is 1.56. The third kappa shape index (κ3) is 3.27. The van der Waals surface area contributed by atoms with Gasteiger partial charge in [0.1, 0.15) is 5.82 Å². The van der Waals surface area contributed by atoms with Gasteiger partial charge in [-0.2, -0.15) is 4.37 Å². The van der Waals surface area contributed by atoms with Crippen molar-refractivity contribution in [2.24, 2.45) is 5.73 Å². The summed E-state index contributed by atoms with van der Waals surface area (Å²) < 4.78 is 4.29. The average molecular weight is 262 g/mol. The molecule has 1 aromatic heterocycles. The zero-order chi connectivity index (χ0) is 13.0. The summed E-state index contributed by atoms with van der Waals surface area (Å²) in [4.78, 5) is 4.42. The van der Waals surface area contributed by atoms with E-state index in [1.807, 2.05) is 30.3 Å². The molecule has 1 atom stereocenters. The first-order valence-corrected chi connectivity index (χ1v) is 6.82. The van der Waals surface area contributed by atoms with E-state index >= 15 is 0 Å². The molecular formula is C13H18N4S. The fraction of sp³-hybridized carbons (Fsp3) is 0.385. The third-order valence-electron chi connectivity index (χ3n) is 2.66. The van der Waals surface area contributed by atoms with Crippen LogP contribution < -0.4 is 11.1 Å². The lowest BCUT2D eigenvalue weighted by atomic mass is 10.1. The number of nitrogens with two attached hydrogens (primary N) is 1. The van der Waals surface area contributed by atoms with Crippen molar-refractivity contribution < 1.29 is 0 Å². The second-order valence-electron chi connectivity index (χ2n) is 4.51. The number of nitrogens with zero attached hydrogens (tertiary/aromatic N) is 2. The van der Waals surface area contributed by atoms with Gasteiger partial charge in [-0.25, -0.2) is 4.98 Å². The van der Waals surface area contributed by atoms with Crippen molar-refractivity contribution >= 4 is 16.7 Å². The van der Waals surface area contributed by atoms with Crippen molar-refractivity contribution in [2.45, 2.75) is 25.8 Å². The standard InChI is InChI=1S/C13H18N4S/c1-9(2)12-16-13(18-17-12)15-8-11(14)10-6-4-3-5-7-10/h3-7,9,11H,8,14H2,1-2H3,(H,15,16,17). The fourth-order valence-corrected chi connectivity index (χ4v) is 2.27. The van der Waals surface area contributed by atoms with Crippen LogP contribution in [0.2, 0.25) is 0 Å². The molecule has 18 heavy (non-hydrogen) atoms. The molecule has 0 saturated heterocycles. The Morgan fingerprint density at radius 3 is 2.61 bits per heavy atom.